The third-order valence-corrected chi connectivity index (χ3v) is 18.8. The number of pyridine rings is 1. The van der Waals surface area contributed by atoms with Crippen LogP contribution in [0.1, 0.15) is 119 Å². The van der Waals surface area contributed by atoms with Gasteiger partial charge in [0.05, 0.1) is 52.4 Å². The average Bonchev–Trinajstić information content (AvgIpc) is 0.994. The Morgan fingerprint density at radius 1 is 0.545 bits per heavy atom. The van der Waals surface area contributed by atoms with E-state index < -0.39 is 294 Å². The van der Waals surface area contributed by atoms with Crippen molar-refractivity contribution in [3.63, 3.8) is 0 Å². The van der Waals surface area contributed by atoms with Crippen molar-refractivity contribution in [2.45, 2.75) is 57.8 Å². The fourth-order valence-electron chi connectivity index (χ4n) is 10.9. The van der Waals surface area contributed by atoms with E-state index in [4.69, 9.17) is 28.0 Å². The molecule has 0 aliphatic heterocycles. The van der Waals surface area contributed by atoms with E-state index in [0.29, 0.717) is 22.4 Å². The van der Waals surface area contributed by atoms with Gasteiger partial charge < -0.3 is 13.9 Å². The number of fused-ring (bicyclic) bond motifs is 5. The normalized spacial score (nSPS) is 22.7. The summed E-state index contributed by atoms with van der Waals surface area (Å²) >= 11 is 0. The van der Waals surface area contributed by atoms with E-state index in [1.807, 2.05) is 0 Å². The summed E-state index contributed by atoms with van der Waals surface area (Å²) in [6, 6.07) is -0.238. The first kappa shape index (κ1) is 25.3. The molecule has 0 bridgehead atoms. The summed E-state index contributed by atoms with van der Waals surface area (Å²) in [5, 5.41) is -3.49. The van der Waals surface area contributed by atoms with Crippen LogP contribution < -0.4 is 30.1 Å². The third kappa shape index (κ3) is 9.67. The predicted octanol–water partition coefficient (Wildman–Crippen LogP) is 16.6. The summed E-state index contributed by atoms with van der Waals surface area (Å²) in [5.41, 5.74) is -18.6. The number of nitrogens with zero attached hydrogens (tertiary/aromatic N) is 4. The van der Waals surface area contributed by atoms with Crippen LogP contribution in [-0.2, 0) is 31.9 Å². The molecule has 7 heteroatoms. The van der Waals surface area contributed by atoms with Crippen LogP contribution in [0, 0.1) is 25.3 Å². The van der Waals surface area contributed by atoms with Gasteiger partial charge in [-0.15, -0.1) is 29.7 Å². The first-order valence-electron chi connectivity index (χ1n) is 48.9. The van der Waals surface area contributed by atoms with Crippen molar-refractivity contribution in [2.75, 3.05) is 0 Å². The molecule has 3 heterocycles. The van der Waals surface area contributed by atoms with Gasteiger partial charge >= 0.3 is 0 Å². The minimum atomic E-state index is -6.53. The van der Waals surface area contributed by atoms with Crippen molar-refractivity contribution in [2.24, 2.45) is 0 Å². The molecule has 11 aromatic carbocycles. The van der Waals surface area contributed by atoms with E-state index >= 15 is 0 Å². The minimum absolute atomic E-state index is 0. The van der Waals surface area contributed by atoms with Gasteiger partial charge in [-0.05, 0) is 119 Å². The molecule has 0 N–H and O–H groups in total. The van der Waals surface area contributed by atoms with Gasteiger partial charge in [-0.25, -0.2) is 4.98 Å². The minimum Gasteiger partial charge on any atom is -0.510 e. The summed E-state index contributed by atoms with van der Waals surface area (Å²) in [6.45, 7) is -21.3. The van der Waals surface area contributed by atoms with Crippen molar-refractivity contribution in [3.8, 4) is 62.1 Å². The van der Waals surface area contributed by atoms with Gasteiger partial charge in [-0.1, -0.05) is 257 Å². The second-order valence-electron chi connectivity index (χ2n) is 19.8. The zero-order valence-electron chi connectivity index (χ0n) is 90.0. The largest absolute Gasteiger partial charge is 0.510 e. The van der Waals surface area contributed by atoms with Crippen LogP contribution >= 0.6 is 0 Å². The first-order chi connectivity index (χ1) is 61.1. The Labute approximate surface area is 594 Å². The second kappa shape index (κ2) is 22.7. The maximum Gasteiger partial charge on any atom is 0.268 e. The SMILES string of the molecule is [2H]c1cc([Si](c2c([2H])c([2H])c([2H])c([2H])c2[2H])(c2c([2H])c([2H])c([2H])c([2H])c2[2H])c2c([2H])c([2H])c([2H])c([2H])c2[2H])c([2H])c(-c2cccc(-c3c([2H])c([2H])c4c(c3[2H])C(C([2H])([2H])[2H])(C([2H])([2H])[2H])C([2H])([2H])C([2H])([2H])C4(C([2H])([2H])[2H])C([2H])([2H])[2H])c2-[n+]2[c-]n(-c3[c-]c(Oc4[c-]c5c(cc4)c4ccccc4n5-c4cc(C([2H])([2H])[2H])c(-c5c([2H])c([2H])c([2H])c([2H])c5[2H])cn4)ccc3)c3ccccc32)c1[2H].[Pt]. The monoisotopic (exact) mass is 1380 g/mol. The quantitative estimate of drug-likeness (QED) is 0.0529. The zero-order chi connectivity index (χ0) is 97.6. The van der Waals surface area contributed by atoms with Gasteiger partial charge in [0.15, 0.2) is 8.07 Å². The molecule has 88 heavy (non-hydrogen) atoms. The van der Waals surface area contributed by atoms with Crippen LogP contribution in [0.15, 0.2) is 272 Å². The van der Waals surface area contributed by atoms with E-state index in [9.17, 15) is 38.4 Å². The number of rotatable bonds is 12. The standard InChI is InChI=1S/C81H64N4OSi.Pt/c1-56-49-78(82-54-71(56)57-25-10-6-11-26-57)85-74-40-19-18-37-69(74)70-45-44-62(53-77(70)85)86-61-29-23-28-60(52-61)83-55-84(76-42-21-20-41-75(76)83)79-67(38-24-39-68(79)59-43-46-72-73(51-59)81(4,5)48-47-80(72,2)3)58-27-22-36-66(50-58)87(63-30-12-7-13-31-63,64-32-14-8-15-33-64)65-34-16-9-17-35-65;/h6-46,49-51,54H,47-48H2,1-5H3;/q-2;/i1D3,2D3,3D3,4D3,5D3,6D,7D,8D,9D,10D,11D,12D,13D,14D,15D,16D,17D,22D,25D,26D,27D,30D,31D,32D,33D,34D,35D,43D,46D,47D2,48D2,50D,51D;. The molecule has 430 valence electrons. The summed E-state index contributed by atoms with van der Waals surface area (Å²) in [6.07, 6.45) is -5.49. The Kier molecular flexibility index (Phi) is 6.53. The number of hydrogen-bond donors (Lipinski definition) is 0. The number of imidazole rings is 1. The molecule has 0 atom stereocenters. The summed E-state index contributed by atoms with van der Waals surface area (Å²) in [5.74, 6) is -0.258. The molecule has 0 radical (unpaired) electrons. The molecule has 0 saturated carbocycles. The molecular formula is C81H64N4OPtSi-2. The van der Waals surface area contributed by atoms with Crippen molar-refractivity contribution >= 4 is 61.7 Å². The van der Waals surface area contributed by atoms with E-state index in [2.05, 4.69) is 23.4 Å². The molecule has 0 unspecified atom stereocenters. The van der Waals surface area contributed by atoms with Gasteiger partial charge in [0.2, 0.25) is 0 Å². The zero-order valence-corrected chi connectivity index (χ0v) is 48.3. The summed E-state index contributed by atoms with van der Waals surface area (Å²) < 4.78 is 430. The molecule has 0 spiro atoms. The topological polar surface area (TPSA) is 35.9 Å². The Morgan fingerprint density at radius 3 is 1.85 bits per heavy atom. The van der Waals surface area contributed by atoms with Gasteiger partial charge in [-0.2, -0.15) is 18.2 Å². The molecule has 0 amide bonds. The molecular weight excluding hydrogens is 1270 g/mol. The maximum atomic E-state index is 11.0. The van der Waals surface area contributed by atoms with Crippen molar-refractivity contribution < 1.29 is 92.1 Å². The third-order valence-electron chi connectivity index (χ3n) is 14.7. The van der Waals surface area contributed by atoms with E-state index in [-0.39, 0.29) is 66.2 Å². The fraction of sp³-hybridized carbons (Fsp3) is 0.111. The Morgan fingerprint density at radius 2 is 1.16 bits per heavy atom. The first-order valence-corrected chi connectivity index (χ1v) is 28.4. The second-order valence-corrected chi connectivity index (χ2v) is 23.4. The van der Waals surface area contributed by atoms with Crippen molar-refractivity contribution in [1.82, 2.24) is 14.1 Å². The molecule has 0 saturated heterocycles. The van der Waals surface area contributed by atoms with Crippen LogP contribution in [0.5, 0.6) is 11.5 Å². The van der Waals surface area contributed by atoms with Gasteiger partial charge in [-0.3, -0.25) is 4.57 Å². The Hall–Kier alpha value is -9.45. The van der Waals surface area contributed by atoms with Crippen LogP contribution in [0.25, 0.3) is 83.4 Å². The number of hydrogen-bond acceptors (Lipinski definition) is 2. The molecule has 3 aromatic heterocycles. The molecule has 14 aromatic rings. The fourth-order valence-corrected chi connectivity index (χ4v) is 14.5. The molecule has 1 aliphatic carbocycles. The maximum absolute atomic E-state index is 11.0. The number of para-hydroxylation sites is 4. The van der Waals surface area contributed by atoms with E-state index in [1.54, 1.807) is 30.3 Å². The Bertz CT molecular complexity index is 7040. The van der Waals surface area contributed by atoms with Crippen LogP contribution in [-0.4, -0.2) is 22.2 Å². The molecule has 1 aliphatic rings. The van der Waals surface area contributed by atoms with E-state index in [1.165, 1.54) is 63.7 Å². The number of aryl methyl sites for hydroxylation is 1. The summed E-state index contributed by atoms with van der Waals surface area (Å²) in [4.78, 5) is 4.63. The van der Waals surface area contributed by atoms with Crippen LogP contribution in [0.4, 0.5) is 0 Å². The number of aromatic nitrogens is 4. The van der Waals surface area contributed by atoms with Crippen LogP contribution in [0.2, 0.25) is 0 Å². The number of ether oxygens (including phenoxy) is 1. The molecule has 5 nitrogen and oxygen atoms in total. The van der Waals surface area contributed by atoms with Gasteiger partial charge in [0, 0.05) is 75.9 Å². The molecule has 15 rings (SSSR count). The van der Waals surface area contributed by atoms with E-state index in [0.717, 1.165) is 29.0 Å². The Balaban J connectivity index is 0.0000142. The van der Waals surface area contributed by atoms with Crippen LogP contribution in [0.3, 0.4) is 0 Å². The van der Waals surface area contributed by atoms with Gasteiger partial charge in [0.25, 0.3) is 6.33 Å². The van der Waals surface area contributed by atoms with Crippen molar-refractivity contribution in [3.05, 3.63) is 308 Å². The van der Waals surface area contributed by atoms with Crippen molar-refractivity contribution in [1.29, 1.82) is 0 Å². The van der Waals surface area contributed by atoms with Gasteiger partial charge in [0.1, 0.15) is 5.82 Å². The molecule has 0 fully saturated rings. The predicted molar refractivity (Wildman–Crippen MR) is 360 cm³/mol. The number of benzene rings is 11. The average molecular weight is 1380 g/mol. The summed E-state index contributed by atoms with van der Waals surface area (Å²) in [7, 11) is -6.53. The smallest absolute Gasteiger partial charge is 0.268 e.